The number of rotatable bonds is 10. The van der Waals surface area contributed by atoms with Crippen molar-refractivity contribution in [1.29, 1.82) is 0 Å². The van der Waals surface area contributed by atoms with Crippen molar-refractivity contribution in [2.24, 2.45) is 56.7 Å². The van der Waals surface area contributed by atoms with Gasteiger partial charge in [-0.2, -0.15) is 4.37 Å². The van der Waals surface area contributed by atoms with Crippen molar-refractivity contribution >= 4 is 27.5 Å². The monoisotopic (exact) mass is 808 g/mol. The summed E-state index contributed by atoms with van der Waals surface area (Å²) in [5, 5.41) is 14.6. The average molecular weight is 809 g/mol. The van der Waals surface area contributed by atoms with Gasteiger partial charge in [0.1, 0.15) is 18.2 Å². The maximum Gasteiger partial charge on any atom is 0.313 e. The van der Waals surface area contributed by atoms with Crippen LogP contribution >= 0.6 is 11.7 Å². The molecule has 0 aromatic carbocycles. The standard InChI is InChI=1S/C45H68N4O5S2/c1-30(2)32-12-19-45(46-22-23-49-24-26-56(52,53)27-25-49)21-20-42(6)34(38(32)45)8-9-36-41(5)15-13-33(40(3,4)35(41)14-16-43(36,42)7)31-10-17-44(18-11-31,39(50)51)29-54-37-28-47-55-48-37/h10,13,28,32,34-36,38,46H,1,8-9,11-12,14-27,29H2,2-7H3,(H,50,51)/t32-,34+,35-,36+,38+,41-,42+,43+,44?,45-/m0/s1. The minimum atomic E-state index is -2.87. The Bertz CT molecular complexity index is 1860. The molecule has 0 bridgehead atoms. The van der Waals surface area contributed by atoms with Crippen LogP contribution in [0.25, 0.3) is 0 Å². The number of ether oxygens (including phenoxy) is 1. The lowest BCUT2D eigenvalue weighted by atomic mass is 9.33. The number of sulfone groups is 1. The fourth-order valence-electron chi connectivity index (χ4n) is 15.0. The number of aromatic nitrogens is 2. The van der Waals surface area contributed by atoms with E-state index < -0.39 is 21.2 Å². The molecule has 1 unspecified atom stereocenters. The zero-order valence-corrected chi connectivity index (χ0v) is 36.6. The van der Waals surface area contributed by atoms with Gasteiger partial charge in [0.05, 0.1) is 23.2 Å². The van der Waals surface area contributed by atoms with Crippen LogP contribution in [0.1, 0.15) is 119 Å². The number of carboxylic acids is 1. The summed E-state index contributed by atoms with van der Waals surface area (Å²) >= 11 is 1.07. The molecular weight excluding hydrogens is 741 g/mol. The first-order valence-electron chi connectivity index (χ1n) is 21.8. The highest BCUT2D eigenvalue weighted by molar-refractivity contribution is 7.91. The van der Waals surface area contributed by atoms with Gasteiger partial charge in [-0.25, -0.2) is 8.42 Å². The molecule has 4 saturated carbocycles. The second-order valence-corrected chi connectivity index (χ2v) is 23.7. The lowest BCUT2D eigenvalue weighted by Gasteiger charge is -2.72. The molecule has 56 heavy (non-hydrogen) atoms. The first-order valence-corrected chi connectivity index (χ1v) is 24.3. The Hall–Kier alpha value is -2.08. The molecule has 9 nitrogen and oxygen atoms in total. The molecule has 10 atom stereocenters. The molecule has 6 aliphatic carbocycles. The van der Waals surface area contributed by atoms with Crippen molar-refractivity contribution < 1.29 is 23.1 Å². The molecule has 310 valence electrons. The highest BCUT2D eigenvalue weighted by Crippen LogP contribution is 2.76. The Kier molecular flexibility index (Phi) is 10.4. The quantitative estimate of drug-likeness (QED) is 0.225. The Morgan fingerprint density at radius 1 is 0.982 bits per heavy atom. The van der Waals surface area contributed by atoms with Crippen molar-refractivity contribution in [3.8, 4) is 5.88 Å². The maximum atomic E-state index is 12.6. The molecule has 0 spiro atoms. The van der Waals surface area contributed by atoms with Crippen LogP contribution in [-0.2, 0) is 14.6 Å². The van der Waals surface area contributed by atoms with Crippen molar-refractivity contribution in [3.63, 3.8) is 0 Å². The topological polar surface area (TPSA) is 122 Å². The van der Waals surface area contributed by atoms with E-state index >= 15 is 0 Å². The molecule has 2 heterocycles. The zero-order chi connectivity index (χ0) is 39.9. The second kappa shape index (κ2) is 14.3. The summed E-state index contributed by atoms with van der Waals surface area (Å²) in [6.07, 6.45) is 19.3. The number of allylic oxidation sites excluding steroid dienone is 5. The molecular formula is C45H68N4O5S2. The number of aliphatic carboxylic acids is 1. The van der Waals surface area contributed by atoms with Gasteiger partial charge in [-0.1, -0.05) is 58.9 Å². The number of nitrogens with one attached hydrogen (secondary N) is 1. The van der Waals surface area contributed by atoms with Crippen LogP contribution in [0.15, 0.2) is 41.6 Å². The Labute approximate surface area is 340 Å². The van der Waals surface area contributed by atoms with E-state index in [0.29, 0.717) is 72.9 Å². The van der Waals surface area contributed by atoms with Gasteiger partial charge in [0, 0.05) is 31.7 Å². The molecule has 1 aromatic rings. The Morgan fingerprint density at radius 2 is 1.75 bits per heavy atom. The van der Waals surface area contributed by atoms with E-state index in [2.05, 4.69) is 79.2 Å². The third kappa shape index (κ3) is 6.41. The van der Waals surface area contributed by atoms with E-state index in [4.69, 9.17) is 4.74 Å². The summed E-state index contributed by atoms with van der Waals surface area (Å²) in [4.78, 5) is 15.0. The molecule has 5 fully saturated rings. The SMILES string of the molecule is C=C(C)[C@@H]1CC[C@]2(NCCN3CCS(=O)(=O)CC3)CC[C@]3(C)[C@H](CC[C@@H]4[C@@]5(C)CC=C(C6=CCC(COc7cnsn7)(C(=O)O)CC6)C(C)(C)[C@@H]5CC[C@]43C)[C@@H]12. The van der Waals surface area contributed by atoms with Gasteiger partial charge >= 0.3 is 5.97 Å². The van der Waals surface area contributed by atoms with Gasteiger partial charge < -0.3 is 20.1 Å². The molecule has 1 aromatic heterocycles. The van der Waals surface area contributed by atoms with Gasteiger partial charge in [0.15, 0.2) is 9.84 Å². The Balaban J connectivity index is 1.01. The van der Waals surface area contributed by atoms with Gasteiger partial charge in [0.2, 0.25) is 5.88 Å². The van der Waals surface area contributed by atoms with Crippen LogP contribution in [0.4, 0.5) is 0 Å². The maximum absolute atomic E-state index is 12.6. The summed E-state index contributed by atoms with van der Waals surface area (Å²) < 4.78 is 38.1. The average Bonchev–Trinajstić information content (AvgIpc) is 3.81. The molecule has 8 rings (SSSR count). The minimum Gasteiger partial charge on any atom is -0.481 e. The van der Waals surface area contributed by atoms with Crippen LogP contribution in [0.3, 0.4) is 0 Å². The molecule has 2 N–H and O–H groups in total. The predicted molar refractivity (Wildman–Crippen MR) is 223 cm³/mol. The van der Waals surface area contributed by atoms with E-state index in [9.17, 15) is 18.3 Å². The van der Waals surface area contributed by atoms with Crippen molar-refractivity contribution in [1.82, 2.24) is 19.0 Å². The lowest BCUT2D eigenvalue weighted by molar-refractivity contribution is -0.221. The Morgan fingerprint density at radius 3 is 2.41 bits per heavy atom. The summed E-state index contributed by atoms with van der Waals surface area (Å²) in [6, 6.07) is 0. The zero-order valence-electron chi connectivity index (χ0n) is 35.0. The molecule has 11 heteroatoms. The van der Waals surface area contributed by atoms with Crippen LogP contribution < -0.4 is 10.1 Å². The van der Waals surface area contributed by atoms with Gasteiger partial charge in [-0.05, 0) is 146 Å². The smallest absolute Gasteiger partial charge is 0.313 e. The van der Waals surface area contributed by atoms with Crippen molar-refractivity contribution in [2.75, 3.05) is 44.3 Å². The van der Waals surface area contributed by atoms with Crippen LogP contribution in [0.5, 0.6) is 5.88 Å². The van der Waals surface area contributed by atoms with E-state index in [1.165, 1.54) is 68.1 Å². The number of nitrogens with zero attached hydrogens (tertiary/aromatic N) is 3. The van der Waals surface area contributed by atoms with Crippen molar-refractivity contribution in [2.45, 2.75) is 124 Å². The molecule has 0 amide bonds. The minimum absolute atomic E-state index is 0.00455. The molecule has 7 aliphatic rings. The lowest BCUT2D eigenvalue weighted by Crippen LogP contribution is -2.68. The number of hydrogen-bond acceptors (Lipinski definition) is 9. The number of carboxylic acid groups (broad SMARTS) is 1. The van der Waals surface area contributed by atoms with E-state index in [0.717, 1.165) is 37.7 Å². The third-order valence-electron chi connectivity index (χ3n) is 18.2. The van der Waals surface area contributed by atoms with Gasteiger partial charge in [0.25, 0.3) is 0 Å². The van der Waals surface area contributed by atoms with Gasteiger partial charge in [-0.15, -0.1) is 4.37 Å². The van der Waals surface area contributed by atoms with E-state index in [1.54, 1.807) is 6.20 Å². The van der Waals surface area contributed by atoms with Crippen LogP contribution in [0.2, 0.25) is 0 Å². The first-order chi connectivity index (χ1) is 26.4. The van der Waals surface area contributed by atoms with Crippen LogP contribution in [-0.4, -0.2) is 83.0 Å². The highest BCUT2D eigenvalue weighted by Gasteiger charge is 2.70. The summed E-state index contributed by atoms with van der Waals surface area (Å²) in [6.45, 7) is 23.2. The second-order valence-electron chi connectivity index (χ2n) is 20.9. The number of fused-ring (bicyclic) bond motifs is 7. The summed E-state index contributed by atoms with van der Waals surface area (Å²) in [7, 11) is -2.87. The van der Waals surface area contributed by atoms with E-state index in [1.807, 2.05) is 0 Å². The predicted octanol–water partition coefficient (Wildman–Crippen LogP) is 8.36. The molecule has 0 radical (unpaired) electrons. The number of hydrogen-bond donors (Lipinski definition) is 2. The van der Waals surface area contributed by atoms with Crippen molar-refractivity contribution in [3.05, 3.63) is 41.6 Å². The van der Waals surface area contributed by atoms with Crippen LogP contribution in [0, 0.1) is 56.7 Å². The highest BCUT2D eigenvalue weighted by atomic mass is 32.2. The summed E-state index contributed by atoms with van der Waals surface area (Å²) in [5.41, 5.74) is 4.09. The van der Waals surface area contributed by atoms with E-state index in [-0.39, 0.29) is 33.8 Å². The molecule has 1 aliphatic heterocycles. The molecule has 1 saturated heterocycles. The normalized spacial score (nSPS) is 42.9. The van der Waals surface area contributed by atoms with Gasteiger partial charge in [-0.3, -0.25) is 4.79 Å². The third-order valence-corrected chi connectivity index (χ3v) is 20.3. The number of carbonyl (C=O) groups is 1. The first kappa shape index (κ1) is 40.7. The fourth-order valence-corrected chi connectivity index (χ4v) is 16.6. The largest absolute Gasteiger partial charge is 0.481 e. The summed E-state index contributed by atoms with van der Waals surface area (Å²) in [5.74, 6) is 3.24. The fraction of sp³-hybridized carbons (Fsp3) is 0.800.